The Morgan fingerprint density at radius 3 is 2.54 bits per heavy atom. The number of hydrogen-bond acceptors (Lipinski definition) is 4. The predicted octanol–water partition coefficient (Wildman–Crippen LogP) is 1.60. The summed E-state index contributed by atoms with van der Waals surface area (Å²) < 4.78 is 0. The van der Waals surface area contributed by atoms with Gasteiger partial charge >= 0.3 is 0 Å². The predicted molar refractivity (Wildman–Crippen MR) is 96.6 cm³/mol. The molecule has 134 valence electrons. The van der Waals surface area contributed by atoms with Crippen LogP contribution in [0.1, 0.15) is 37.3 Å². The molecule has 1 fully saturated rings. The molecule has 0 aliphatic carbocycles. The third-order valence-corrected chi connectivity index (χ3v) is 4.69. The average Bonchev–Trinajstić information content (AvgIpc) is 2.56. The second-order valence-corrected chi connectivity index (χ2v) is 7.05. The number of amides is 1. The number of nitrogens with one attached hydrogen (secondary N) is 1. The molecule has 0 aromatic heterocycles. The summed E-state index contributed by atoms with van der Waals surface area (Å²) in [6.45, 7) is 5.66. The Kier molecular flexibility index (Phi) is 7.21. The number of carbonyl (C=O) groups is 1. The molecular weight excluding hydrogens is 302 g/mol. The molecule has 1 saturated heterocycles. The van der Waals surface area contributed by atoms with E-state index in [4.69, 9.17) is 0 Å². The first kappa shape index (κ1) is 18.9. The van der Waals surface area contributed by atoms with Crippen LogP contribution in [-0.2, 0) is 17.9 Å². The molecule has 0 radical (unpaired) electrons. The van der Waals surface area contributed by atoms with Crippen molar-refractivity contribution in [2.24, 2.45) is 0 Å². The van der Waals surface area contributed by atoms with Crippen LogP contribution in [-0.4, -0.2) is 60.1 Å². The van der Waals surface area contributed by atoms with Gasteiger partial charge in [0.15, 0.2) is 0 Å². The lowest BCUT2D eigenvalue weighted by Gasteiger charge is -2.30. The Morgan fingerprint density at radius 2 is 1.92 bits per heavy atom. The van der Waals surface area contributed by atoms with Gasteiger partial charge in [-0.05, 0) is 30.9 Å². The van der Waals surface area contributed by atoms with Crippen molar-refractivity contribution in [3.8, 4) is 0 Å². The van der Waals surface area contributed by atoms with E-state index in [1.54, 1.807) is 19.0 Å². The van der Waals surface area contributed by atoms with Gasteiger partial charge in [-0.2, -0.15) is 0 Å². The number of likely N-dealkylation sites (tertiary alicyclic amines) is 1. The summed E-state index contributed by atoms with van der Waals surface area (Å²) in [5.41, 5.74) is 2.61. The second kappa shape index (κ2) is 9.16. The first-order valence-corrected chi connectivity index (χ1v) is 8.86. The quantitative estimate of drug-likeness (QED) is 0.796. The maximum Gasteiger partial charge on any atom is 0.223 e. The molecule has 24 heavy (non-hydrogen) atoms. The molecule has 1 atom stereocenters. The van der Waals surface area contributed by atoms with Crippen molar-refractivity contribution in [1.29, 1.82) is 0 Å². The Balaban J connectivity index is 1.88. The number of hydrogen-bond donors (Lipinski definition) is 2. The number of rotatable bonds is 7. The molecule has 1 aliphatic heterocycles. The third-order valence-electron chi connectivity index (χ3n) is 4.69. The number of aliphatic hydroxyl groups excluding tert-OH is 1. The molecule has 5 heteroatoms. The summed E-state index contributed by atoms with van der Waals surface area (Å²) in [6.07, 6.45) is 2.11. The van der Waals surface area contributed by atoms with Crippen molar-refractivity contribution in [3.63, 3.8) is 0 Å². The summed E-state index contributed by atoms with van der Waals surface area (Å²) in [5.74, 6) is 0.148. The maximum absolute atomic E-state index is 11.8. The van der Waals surface area contributed by atoms with Crippen LogP contribution in [0.4, 0.5) is 0 Å². The van der Waals surface area contributed by atoms with Gasteiger partial charge in [0.1, 0.15) is 0 Å². The number of benzene rings is 1. The molecule has 0 bridgehead atoms. The van der Waals surface area contributed by atoms with Gasteiger partial charge in [0, 0.05) is 52.7 Å². The van der Waals surface area contributed by atoms with Crippen molar-refractivity contribution in [2.45, 2.75) is 51.4 Å². The van der Waals surface area contributed by atoms with Crippen LogP contribution in [0, 0.1) is 0 Å². The molecule has 5 nitrogen and oxygen atoms in total. The van der Waals surface area contributed by atoms with Gasteiger partial charge in [-0.1, -0.05) is 24.3 Å². The topological polar surface area (TPSA) is 55.8 Å². The molecule has 0 spiro atoms. The summed E-state index contributed by atoms with van der Waals surface area (Å²) in [5, 5.41) is 13.1. The zero-order valence-electron chi connectivity index (χ0n) is 15.2. The zero-order valence-corrected chi connectivity index (χ0v) is 15.2. The van der Waals surface area contributed by atoms with Gasteiger partial charge in [0.2, 0.25) is 5.91 Å². The van der Waals surface area contributed by atoms with Gasteiger partial charge in [-0.3, -0.25) is 9.69 Å². The highest BCUT2D eigenvalue weighted by Crippen LogP contribution is 2.16. The van der Waals surface area contributed by atoms with Crippen LogP contribution in [0.5, 0.6) is 0 Å². The van der Waals surface area contributed by atoms with E-state index in [0.29, 0.717) is 6.42 Å². The van der Waals surface area contributed by atoms with E-state index in [9.17, 15) is 9.90 Å². The second-order valence-electron chi connectivity index (χ2n) is 7.05. The molecule has 1 unspecified atom stereocenters. The summed E-state index contributed by atoms with van der Waals surface area (Å²) in [7, 11) is 3.58. The van der Waals surface area contributed by atoms with Crippen molar-refractivity contribution >= 4 is 5.91 Å². The highest BCUT2D eigenvalue weighted by molar-refractivity contribution is 5.76. The fourth-order valence-electron chi connectivity index (χ4n) is 3.00. The smallest absolute Gasteiger partial charge is 0.223 e. The zero-order chi connectivity index (χ0) is 17.5. The Bertz CT molecular complexity index is 525. The number of carbonyl (C=O) groups excluding carboxylic acids is 1. The van der Waals surface area contributed by atoms with E-state index in [1.165, 1.54) is 11.1 Å². The van der Waals surface area contributed by atoms with E-state index in [-0.39, 0.29) is 18.1 Å². The SMILES string of the molecule is CC(CC(=O)N(C)C)NCc1ccccc1CN1CCC(O)CC1. The largest absolute Gasteiger partial charge is 0.393 e. The van der Waals surface area contributed by atoms with Crippen molar-refractivity contribution in [3.05, 3.63) is 35.4 Å². The maximum atomic E-state index is 11.8. The van der Waals surface area contributed by atoms with Crippen molar-refractivity contribution in [2.75, 3.05) is 27.2 Å². The highest BCUT2D eigenvalue weighted by atomic mass is 16.3. The molecule has 2 rings (SSSR count). The minimum absolute atomic E-state index is 0.131. The Morgan fingerprint density at radius 1 is 1.29 bits per heavy atom. The van der Waals surface area contributed by atoms with Crippen LogP contribution < -0.4 is 5.32 Å². The molecule has 1 aliphatic rings. The van der Waals surface area contributed by atoms with Crippen LogP contribution in [0.3, 0.4) is 0 Å². The first-order valence-electron chi connectivity index (χ1n) is 8.86. The molecule has 1 aromatic carbocycles. The standard InChI is InChI=1S/C19H31N3O2/c1-15(12-19(24)21(2)3)20-13-16-6-4-5-7-17(16)14-22-10-8-18(23)9-11-22/h4-7,15,18,20,23H,8-14H2,1-3H3. The van der Waals surface area contributed by atoms with Crippen molar-refractivity contribution < 1.29 is 9.90 Å². The Labute approximate surface area is 145 Å². The lowest BCUT2D eigenvalue weighted by atomic mass is 10.0. The van der Waals surface area contributed by atoms with E-state index in [2.05, 4.69) is 41.4 Å². The fourth-order valence-corrected chi connectivity index (χ4v) is 3.00. The normalized spacial score (nSPS) is 17.7. The highest BCUT2D eigenvalue weighted by Gasteiger charge is 2.18. The lowest BCUT2D eigenvalue weighted by Crippen LogP contribution is -2.36. The summed E-state index contributed by atoms with van der Waals surface area (Å²) in [6, 6.07) is 8.63. The monoisotopic (exact) mass is 333 g/mol. The fraction of sp³-hybridized carbons (Fsp3) is 0.632. The number of nitrogens with zero attached hydrogens (tertiary/aromatic N) is 2. The van der Waals surface area contributed by atoms with Gasteiger partial charge in [-0.25, -0.2) is 0 Å². The van der Waals surface area contributed by atoms with Gasteiger partial charge in [-0.15, -0.1) is 0 Å². The summed E-state index contributed by atoms with van der Waals surface area (Å²) in [4.78, 5) is 15.8. The molecule has 0 saturated carbocycles. The van der Waals surface area contributed by atoms with Crippen molar-refractivity contribution in [1.82, 2.24) is 15.1 Å². The van der Waals surface area contributed by atoms with E-state index in [0.717, 1.165) is 39.0 Å². The summed E-state index contributed by atoms with van der Waals surface area (Å²) >= 11 is 0. The Hall–Kier alpha value is -1.43. The van der Waals surface area contributed by atoms with Gasteiger partial charge in [0.05, 0.1) is 6.10 Å². The average molecular weight is 333 g/mol. The number of aliphatic hydroxyl groups is 1. The van der Waals surface area contributed by atoms with E-state index < -0.39 is 0 Å². The molecule has 2 N–H and O–H groups in total. The lowest BCUT2D eigenvalue weighted by molar-refractivity contribution is -0.129. The molecule has 1 aromatic rings. The van der Waals surface area contributed by atoms with Gasteiger partial charge in [0.25, 0.3) is 0 Å². The van der Waals surface area contributed by atoms with Crippen LogP contribution in [0.15, 0.2) is 24.3 Å². The van der Waals surface area contributed by atoms with E-state index >= 15 is 0 Å². The van der Waals surface area contributed by atoms with Gasteiger partial charge < -0.3 is 15.3 Å². The van der Waals surface area contributed by atoms with Crippen LogP contribution >= 0.6 is 0 Å². The minimum Gasteiger partial charge on any atom is -0.393 e. The third kappa shape index (κ3) is 5.89. The first-order chi connectivity index (χ1) is 11.5. The number of piperidine rings is 1. The molecular formula is C19H31N3O2. The molecule has 1 heterocycles. The van der Waals surface area contributed by atoms with Crippen LogP contribution in [0.25, 0.3) is 0 Å². The molecule has 1 amide bonds. The van der Waals surface area contributed by atoms with E-state index in [1.807, 2.05) is 0 Å². The van der Waals surface area contributed by atoms with Crippen LogP contribution in [0.2, 0.25) is 0 Å². The minimum atomic E-state index is -0.131.